The first-order valence-electron chi connectivity index (χ1n) is 10.0. The van der Waals surface area contributed by atoms with Crippen LogP contribution in [0.4, 0.5) is 4.39 Å². The fraction of sp³-hybridized carbons (Fsp3) is 0.208. The Morgan fingerprint density at radius 2 is 1.48 bits per heavy atom. The molecule has 0 radical (unpaired) electrons. The van der Waals surface area contributed by atoms with Crippen LogP contribution >= 0.6 is 0 Å². The fourth-order valence-electron chi connectivity index (χ4n) is 3.41. The van der Waals surface area contributed by atoms with Gasteiger partial charge < -0.3 is 14.5 Å². The van der Waals surface area contributed by atoms with Gasteiger partial charge in [0, 0.05) is 43.5 Å². The summed E-state index contributed by atoms with van der Waals surface area (Å²) in [5.41, 5.74) is 1.38. The van der Waals surface area contributed by atoms with Crippen LogP contribution in [-0.4, -0.2) is 52.8 Å². The van der Waals surface area contributed by atoms with Crippen molar-refractivity contribution < 1.29 is 18.7 Å². The van der Waals surface area contributed by atoms with E-state index < -0.39 is 5.82 Å². The van der Waals surface area contributed by atoms with Crippen molar-refractivity contribution >= 4 is 11.8 Å². The number of hydrogen-bond donors (Lipinski definition) is 0. The zero-order valence-corrected chi connectivity index (χ0v) is 17.1. The van der Waals surface area contributed by atoms with E-state index in [0.717, 1.165) is 0 Å². The van der Waals surface area contributed by atoms with E-state index in [0.29, 0.717) is 54.4 Å². The van der Waals surface area contributed by atoms with Gasteiger partial charge in [-0.25, -0.2) is 4.39 Å². The van der Waals surface area contributed by atoms with Gasteiger partial charge in [0.05, 0.1) is 6.20 Å². The normalized spacial score (nSPS) is 13.7. The summed E-state index contributed by atoms with van der Waals surface area (Å²) >= 11 is 0. The van der Waals surface area contributed by atoms with Gasteiger partial charge in [0.25, 0.3) is 11.8 Å². The smallest absolute Gasteiger partial charge is 0.254 e. The highest BCUT2D eigenvalue weighted by Gasteiger charge is 2.25. The Morgan fingerprint density at radius 1 is 0.871 bits per heavy atom. The summed E-state index contributed by atoms with van der Waals surface area (Å²) in [4.78, 5) is 32.8. The molecule has 158 valence electrons. The largest absolute Gasteiger partial charge is 0.456 e. The van der Waals surface area contributed by atoms with Gasteiger partial charge in [-0.15, -0.1) is 0 Å². The maximum absolute atomic E-state index is 13.8. The number of aromatic nitrogens is 1. The minimum atomic E-state index is -0.393. The predicted molar refractivity (Wildman–Crippen MR) is 114 cm³/mol. The van der Waals surface area contributed by atoms with Crippen molar-refractivity contribution in [2.24, 2.45) is 0 Å². The van der Waals surface area contributed by atoms with Gasteiger partial charge in [0.1, 0.15) is 17.3 Å². The van der Waals surface area contributed by atoms with Crippen molar-refractivity contribution in [3.05, 3.63) is 89.5 Å². The molecule has 2 aromatic carbocycles. The number of halogens is 1. The summed E-state index contributed by atoms with van der Waals surface area (Å²) in [6.07, 6.45) is 3.28. The Morgan fingerprint density at radius 3 is 2.06 bits per heavy atom. The van der Waals surface area contributed by atoms with Crippen molar-refractivity contribution in [1.29, 1.82) is 0 Å². The Labute approximate surface area is 179 Å². The molecule has 0 saturated carbocycles. The van der Waals surface area contributed by atoms with Gasteiger partial charge in [-0.05, 0) is 61.0 Å². The number of nitrogens with zero attached hydrogens (tertiary/aromatic N) is 3. The molecule has 31 heavy (non-hydrogen) atoms. The standard InChI is InChI=1S/C24H22FN3O3/c1-17-4-5-19(15-22(17)25)24(30)28-13-11-27(12-14-28)23(29)18-6-8-20(9-7-18)31-21-3-2-10-26-16-21/h2-10,15-16H,11-14H2,1H3. The van der Waals surface area contributed by atoms with Gasteiger partial charge in [-0.2, -0.15) is 0 Å². The fourth-order valence-corrected chi connectivity index (χ4v) is 3.41. The Bertz CT molecular complexity index is 1080. The van der Waals surface area contributed by atoms with Crippen molar-refractivity contribution in [3.8, 4) is 11.5 Å². The molecule has 1 fully saturated rings. The third-order valence-corrected chi connectivity index (χ3v) is 5.24. The van der Waals surface area contributed by atoms with Gasteiger partial charge in [-0.1, -0.05) is 6.07 Å². The summed E-state index contributed by atoms with van der Waals surface area (Å²) in [5.74, 6) is 0.529. The molecule has 2 amide bonds. The number of carbonyl (C=O) groups is 2. The second-order valence-electron chi connectivity index (χ2n) is 7.36. The van der Waals surface area contributed by atoms with Gasteiger partial charge in [-0.3, -0.25) is 14.6 Å². The lowest BCUT2D eigenvalue weighted by Gasteiger charge is -2.35. The highest BCUT2D eigenvalue weighted by atomic mass is 19.1. The summed E-state index contributed by atoms with van der Waals surface area (Å²) in [5, 5.41) is 0. The van der Waals surface area contributed by atoms with Crippen molar-refractivity contribution in [1.82, 2.24) is 14.8 Å². The van der Waals surface area contributed by atoms with Gasteiger partial charge in [0.15, 0.2) is 0 Å². The van der Waals surface area contributed by atoms with E-state index in [9.17, 15) is 14.0 Å². The van der Waals surface area contributed by atoms with E-state index in [1.54, 1.807) is 77.6 Å². The predicted octanol–water partition coefficient (Wildman–Crippen LogP) is 3.92. The van der Waals surface area contributed by atoms with Crippen LogP contribution in [0.3, 0.4) is 0 Å². The molecule has 0 aliphatic carbocycles. The molecule has 2 heterocycles. The summed E-state index contributed by atoms with van der Waals surface area (Å²) in [6.45, 7) is 3.32. The molecule has 7 heteroatoms. The molecular weight excluding hydrogens is 397 g/mol. The Hall–Kier alpha value is -3.74. The maximum Gasteiger partial charge on any atom is 0.254 e. The van der Waals surface area contributed by atoms with E-state index in [-0.39, 0.29) is 11.8 Å². The molecular formula is C24H22FN3O3. The summed E-state index contributed by atoms with van der Waals surface area (Å²) in [7, 11) is 0. The van der Waals surface area contributed by atoms with Crippen molar-refractivity contribution in [3.63, 3.8) is 0 Å². The van der Waals surface area contributed by atoms with Crippen LogP contribution in [0, 0.1) is 12.7 Å². The second kappa shape index (κ2) is 8.95. The number of aryl methyl sites for hydroxylation is 1. The Balaban J connectivity index is 1.34. The summed E-state index contributed by atoms with van der Waals surface area (Å²) < 4.78 is 19.5. The number of hydrogen-bond acceptors (Lipinski definition) is 4. The van der Waals surface area contributed by atoms with Crippen LogP contribution in [-0.2, 0) is 0 Å². The number of rotatable bonds is 4. The first-order chi connectivity index (χ1) is 15.0. The first-order valence-corrected chi connectivity index (χ1v) is 10.0. The Kier molecular flexibility index (Phi) is 5.93. The minimum absolute atomic E-state index is 0.0959. The lowest BCUT2D eigenvalue weighted by Crippen LogP contribution is -2.50. The topological polar surface area (TPSA) is 62.7 Å². The zero-order valence-electron chi connectivity index (χ0n) is 17.1. The van der Waals surface area contributed by atoms with Crippen LogP contribution in [0.25, 0.3) is 0 Å². The van der Waals surface area contributed by atoms with E-state index in [1.165, 1.54) is 6.07 Å². The summed E-state index contributed by atoms with van der Waals surface area (Å²) in [6, 6.07) is 15.0. The quantitative estimate of drug-likeness (QED) is 0.643. The van der Waals surface area contributed by atoms with E-state index in [2.05, 4.69) is 4.98 Å². The van der Waals surface area contributed by atoms with Crippen LogP contribution < -0.4 is 4.74 Å². The molecule has 0 spiro atoms. The lowest BCUT2D eigenvalue weighted by molar-refractivity contribution is 0.0535. The van der Waals surface area contributed by atoms with Crippen molar-refractivity contribution in [2.75, 3.05) is 26.2 Å². The van der Waals surface area contributed by atoms with Gasteiger partial charge in [0.2, 0.25) is 0 Å². The highest BCUT2D eigenvalue weighted by Crippen LogP contribution is 2.21. The number of piperazine rings is 1. The number of amides is 2. The molecule has 1 aliphatic heterocycles. The first kappa shape index (κ1) is 20.5. The molecule has 0 N–H and O–H groups in total. The van der Waals surface area contributed by atoms with Crippen molar-refractivity contribution in [2.45, 2.75) is 6.92 Å². The number of pyridine rings is 1. The third kappa shape index (κ3) is 4.71. The molecule has 0 atom stereocenters. The van der Waals surface area contributed by atoms with Crippen LogP contribution in [0.2, 0.25) is 0 Å². The zero-order chi connectivity index (χ0) is 21.8. The van der Waals surface area contributed by atoms with E-state index in [1.807, 2.05) is 0 Å². The molecule has 0 unspecified atom stereocenters. The number of carbonyl (C=O) groups excluding carboxylic acids is 2. The average Bonchev–Trinajstić information content (AvgIpc) is 2.81. The van der Waals surface area contributed by atoms with Gasteiger partial charge >= 0.3 is 0 Å². The molecule has 6 nitrogen and oxygen atoms in total. The molecule has 3 aromatic rings. The number of ether oxygens (including phenoxy) is 1. The van der Waals surface area contributed by atoms with E-state index >= 15 is 0 Å². The van der Waals surface area contributed by atoms with E-state index in [4.69, 9.17) is 4.74 Å². The number of benzene rings is 2. The molecule has 0 bridgehead atoms. The minimum Gasteiger partial charge on any atom is -0.456 e. The molecule has 4 rings (SSSR count). The average molecular weight is 419 g/mol. The second-order valence-corrected chi connectivity index (χ2v) is 7.36. The highest BCUT2D eigenvalue weighted by molar-refractivity contribution is 5.96. The van der Waals surface area contributed by atoms with Crippen LogP contribution in [0.1, 0.15) is 26.3 Å². The SMILES string of the molecule is Cc1ccc(C(=O)N2CCN(C(=O)c3ccc(Oc4cccnc4)cc3)CC2)cc1F. The molecule has 1 saturated heterocycles. The monoisotopic (exact) mass is 419 g/mol. The lowest BCUT2D eigenvalue weighted by atomic mass is 10.1. The molecule has 1 aromatic heterocycles. The van der Waals surface area contributed by atoms with Crippen LogP contribution in [0.15, 0.2) is 67.0 Å². The maximum atomic E-state index is 13.8. The van der Waals surface area contributed by atoms with Crippen LogP contribution in [0.5, 0.6) is 11.5 Å². The third-order valence-electron chi connectivity index (χ3n) is 5.24. The molecule has 1 aliphatic rings.